The van der Waals surface area contributed by atoms with Gasteiger partial charge in [-0.1, -0.05) is 19.9 Å². The third-order valence-electron chi connectivity index (χ3n) is 3.10. The van der Waals surface area contributed by atoms with Gasteiger partial charge in [0, 0.05) is 5.38 Å². The van der Waals surface area contributed by atoms with Crippen molar-refractivity contribution in [3.8, 4) is 5.75 Å². The third-order valence-corrected chi connectivity index (χ3v) is 3.97. The number of anilines is 1. The maximum atomic E-state index is 11.8. The highest BCUT2D eigenvalue weighted by Gasteiger charge is 2.08. The van der Waals surface area contributed by atoms with Crippen molar-refractivity contribution in [2.24, 2.45) is 0 Å². The summed E-state index contributed by atoms with van der Waals surface area (Å²) in [6, 6.07) is 5.93. The molecule has 1 heterocycles. The molecule has 0 unspecified atom stereocenters. The van der Waals surface area contributed by atoms with E-state index < -0.39 is 0 Å². The van der Waals surface area contributed by atoms with Gasteiger partial charge in [0.2, 0.25) is 0 Å². The minimum atomic E-state index is -0.199. The SMILES string of the molecule is Cc1csc(NC(=O)COc2ccc(C(C)C)c(C)c2)n1. The lowest BCUT2D eigenvalue weighted by molar-refractivity contribution is -0.118. The van der Waals surface area contributed by atoms with E-state index in [-0.39, 0.29) is 12.5 Å². The van der Waals surface area contributed by atoms with Crippen molar-refractivity contribution < 1.29 is 9.53 Å². The van der Waals surface area contributed by atoms with E-state index in [1.54, 1.807) is 0 Å². The lowest BCUT2D eigenvalue weighted by Gasteiger charge is -2.12. The largest absolute Gasteiger partial charge is 0.484 e. The normalized spacial score (nSPS) is 10.7. The molecule has 1 aromatic heterocycles. The molecule has 1 aromatic carbocycles. The van der Waals surface area contributed by atoms with E-state index in [4.69, 9.17) is 4.74 Å². The Morgan fingerprint density at radius 3 is 2.71 bits per heavy atom. The van der Waals surface area contributed by atoms with Crippen LogP contribution in [0.3, 0.4) is 0 Å². The Labute approximate surface area is 129 Å². The smallest absolute Gasteiger partial charge is 0.264 e. The first kappa shape index (κ1) is 15.5. The second-order valence-electron chi connectivity index (χ2n) is 5.30. The zero-order valence-corrected chi connectivity index (χ0v) is 13.6. The summed E-state index contributed by atoms with van der Waals surface area (Å²) in [5.74, 6) is 0.993. The Bertz CT molecular complexity index is 635. The summed E-state index contributed by atoms with van der Waals surface area (Å²) in [5, 5.41) is 5.22. The van der Waals surface area contributed by atoms with Gasteiger partial charge >= 0.3 is 0 Å². The van der Waals surface area contributed by atoms with Crippen LogP contribution in [-0.4, -0.2) is 17.5 Å². The van der Waals surface area contributed by atoms with Gasteiger partial charge in [0.15, 0.2) is 11.7 Å². The minimum Gasteiger partial charge on any atom is -0.484 e. The number of carbonyl (C=O) groups is 1. The van der Waals surface area contributed by atoms with Crippen LogP contribution in [0.5, 0.6) is 5.75 Å². The maximum absolute atomic E-state index is 11.8. The van der Waals surface area contributed by atoms with Crippen LogP contribution in [0.15, 0.2) is 23.6 Å². The van der Waals surface area contributed by atoms with Crippen LogP contribution in [-0.2, 0) is 4.79 Å². The van der Waals surface area contributed by atoms with Crippen LogP contribution in [0, 0.1) is 13.8 Å². The Morgan fingerprint density at radius 1 is 1.38 bits per heavy atom. The van der Waals surface area contributed by atoms with Crippen molar-refractivity contribution in [2.45, 2.75) is 33.6 Å². The predicted molar refractivity (Wildman–Crippen MR) is 86.2 cm³/mol. The van der Waals surface area contributed by atoms with Gasteiger partial charge in [-0.3, -0.25) is 10.1 Å². The van der Waals surface area contributed by atoms with E-state index >= 15 is 0 Å². The molecular weight excluding hydrogens is 284 g/mol. The highest BCUT2D eigenvalue weighted by Crippen LogP contribution is 2.23. The first-order valence-corrected chi connectivity index (χ1v) is 7.79. The number of aromatic nitrogens is 1. The summed E-state index contributed by atoms with van der Waals surface area (Å²) in [4.78, 5) is 16.0. The van der Waals surface area contributed by atoms with Gasteiger partial charge in [0.05, 0.1) is 5.69 Å². The van der Waals surface area contributed by atoms with Gasteiger partial charge in [0.1, 0.15) is 5.75 Å². The van der Waals surface area contributed by atoms with E-state index in [1.807, 2.05) is 24.4 Å². The summed E-state index contributed by atoms with van der Waals surface area (Å²) >= 11 is 1.41. The molecule has 5 heteroatoms. The molecule has 0 saturated heterocycles. The zero-order valence-electron chi connectivity index (χ0n) is 12.8. The highest BCUT2D eigenvalue weighted by atomic mass is 32.1. The number of thiazole rings is 1. The topological polar surface area (TPSA) is 51.2 Å². The number of hydrogen-bond donors (Lipinski definition) is 1. The van der Waals surface area contributed by atoms with E-state index in [2.05, 4.69) is 37.1 Å². The fourth-order valence-electron chi connectivity index (χ4n) is 2.10. The Balaban J connectivity index is 1.90. The second-order valence-corrected chi connectivity index (χ2v) is 6.16. The van der Waals surface area contributed by atoms with E-state index in [0.717, 1.165) is 5.69 Å². The van der Waals surface area contributed by atoms with Gasteiger partial charge in [-0.2, -0.15) is 0 Å². The summed E-state index contributed by atoms with van der Waals surface area (Å²) in [6.07, 6.45) is 0. The molecule has 2 rings (SSSR count). The zero-order chi connectivity index (χ0) is 15.4. The fourth-order valence-corrected chi connectivity index (χ4v) is 2.81. The van der Waals surface area contributed by atoms with Crippen LogP contribution >= 0.6 is 11.3 Å². The van der Waals surface area contributed by atoms with Gasteiger partial charge in [-0.05, 0) is 43.0 Å². The second kappa shape index (κ2) is 6.72. The Hall–Kier alpha value is -1.88. The first-order chi connectivity index (χ1) is 9.95. The fraction of sp³-hybridized carbons (Fsp3) is 0.375. The van der Waals surface area contributed by atoms with Crippen molar-refractivity contribution in [3.63, 3.8) is 0 Å². The number of nitrogens with one attached hydrogen (secondary N) is 1. The van der Waals surface area contributed by atoms with Crippen molar-refractivity contribution >= 4 is 22.4 Å². The number of carbonyl (C=O) groups excluding carboxylic acids is 1. The molecule has 0 spiro atoms. The average Bonchev–Trinajstić information content (AvgIpc) is 2.81. The van der Waals surface area contributed by atoms with E-state index in [1.165, 1.54) is 22.5 Å². The predicted octanol–water partition coefficient (Wildman–Crippen LogP) is 3.90. The quantitative estimate of drug-likeness (QED) is 0.911. The van der Waals surface area contributed by atoms with Crippen LogP contribution in [0.2, 0.25) is 0 Å². The third kappa shape index (κ3) is 4.29. The molecule has 0 atom stereocenters. The molecule has 2 aromatic rings. The van der Waals surface area contributed by atoms with Crippen LogP contribution < -0.4 is 10.1 Å². The molecule has 0 aliphatic carbocycles. The van der Waals surface area contributed by atoms with Crippen molar-refractivity contribution in [1.29, 1.82) is 0 Å². The Morgan fingerprint density at radius 2 is 2.14 bits per heavy atom. The first-order valence-electron chi connectivity index (χ1n) is 6.91. The van der Waals surface area contributed by atoms with Crippen molar-refractivity contribution in [1.82, 2.24) is 4.98 Å². The molecule has 1 N–H and O–H groups in total. The standard InChI is InChI=1S/C16H20N2O2S/c1-10(2)14-6-5-13(7-11(14)3)20-8-15(19)18-16-17-12(4)9-21-16/h5-7,9-10H,8H2,1-4H3,(H,17,18,19). The number of aryl methyl sites for hydroxylation is 2. The number of amides is 1. The van der Waals surface area contributed by atoms with Crippen molar-refractivity contribution in [3.05, 3.63) is 40.4 Å². The summed E-state index contributed by atoms with van der Waals surface area (Å²) in [6.45, 7) is 8.25. The van der Waals surface area contributed by atoms with Gasteiger partial charge in [-0.25, -0.2) is 4.98 Å². The van der Waals surface area contributed by atoms with Crippen LogP contribution in [0.4, 0.5) is 5.13 Å². The minimum absolute atomic E-state index is 0.0148. The summed E-state index contributed by atoms with van der Waals surface area (Å²) < 4.78 is 5.53. The monoisotopic (exact) mass is 304 g/mol. The number of ether oxygens (including phenoxy) is 1. The molecule has 21 heavy (non-hydrogen) atoms. The molecule has 1 amide bonds. The highest BCUT2D eigenvalue weighted by molar-refractivity contribution is 7.13. The molecule has 0 bridgehead atoms. The molecule has 0 saturated carbocycles. The molecular formula is C16H20N2O2S. The average molecular weight is 304 g/mol. The lowest BCUT2D eigenvalue weighted by atomic mass is 9.98. The lowest BCUT2D eigenvalue weighted by Crippen LogP contribution is -2.20. The molecule has 0 aliphatic heterocycles. The molecule has 0 aliphatic rings. The summed E-state index contributed by atoms with van der Waals surface area (Å²) in [5.41, 5.74) is 3.37. The van der Waals surface area contributed by atoms with Gasteiger partial charge in [-0.15, -0.1) is 11.3 Å². The van der Waals surface area contributed by atoms with Crippen LogP contribution in [0.1, 0.15) is 36.6 Å². The van der Waals surface area contributed by atoms with Gasteiger partial charge in [0.25, 0.3) is 5.91 Å². The molecule has 0 radical (unpaired) electrons. The summed E-state index contributed by atoms with van der Waals surface area (Å²) in [7, 11) is 0. The number of hydrogen-bond acceptors (Lipinski definition) is 4. The number of benzene rings is 1. The number of nitrogens with zero attached hydrogens (tertiary/aromatic N) is 1. The molecule has 112 valence electrons. The molecule has 4 nitrogen and oxygen atoms in total. The van der Waals surface area contributed by atoms with Crippen LogP contribution in [0.25, 0.3) is 0 Å². The van der Waals surface area contributed by atoms with E-state index in [9.17, 15) is 4.79 Å². The van der Waals surface area contributed by atoms with Crippen molar-refractivity contribution in [2.75, 3.05) is 11.9 Å². The Kier molecular flexibility index (Phi) is 4.96. The van der Waals surface area contributed by atoms with Gasteiger partial charge < -0.3 is 4.74 Å². The maximum Gasteiger partial charge on any atom is 0.264 e. The molecule has 0 fully saturated rings. The number of rotatable bonds is 5. The van der Waals surface area contributed by atoms with E-state index in [0.29, 0.717) is 16.8 Å².